The Labute approximate surface area is 73.6 Å². The molecular weight excluding hydrogens is 149 g/mol. The van der Waals surface area contributed by atoms with E-state index in [9.17, 15) is 0 Å². The molecule has 2 rings (SSSR count). The largest absolute Gasteiger partial charge is 0.634 e. The second-order valence-corrected chi connectivity index (χ2v) is 3.77. The van der Waals surface area contributed by atoms with E-state index in [0.717, 1.165) is 16.7 Å². The fourth-order valence-corrected chi connectivity index (χ4v) is 1.43. The Morgan fingerprint density at radius 3 is 2.92 bits per heavy atom. The monoisotopic (exact) mass is 161 g/mol. The second-order valence-electron chi connectivity index (χ2n) is 3.77. The summed E-state index contributed by atoms with van der Waals surface area (Å²) in [4.78, 5) is 0. The van der Waals surface area contributed by atoms with Gasteiger partial charge in [-0.1, -0.05) is 12.1 Å². The van der Waals surface area contributed by atoms with Gasteiger partial charge < -0.3 is 9.05 Å². The molecule has 1 aromatic rings. The van der Waals surface area contributed by atoms with E-state index in [-0.39, 0.29) is 0 Å². The van der Waals surface area contributed by atoms with Gasteiger partial charge in [0.1, 0.15) is 0 Å². The summed E-state index contributed by atoms with van der Waals surface area (Å²) in [5.41, 5.74) is 1.28. The van der Waals surface area contributed by atoms with Crippen molar-refractivity contribution in [2.45, 2.75) is 6.54 Å². The van der Waals surface area contributed by atoms with Crippen molar-refractivity contribution in [2.24, 2.45) is 0 Å². The minimum absolute atomic E-state index is 0.789. The highest BCUT2D eigenvalue weighted by Gasteiger charge is 2.28. The molecule has 1 aliphatic heterocycles. The smallest absolute Gasteiger partial charge is 0.519 e. The number of benzene rings is 1. The Morgan fingerprint density at radius 2 is 2.08 bits per heavy atom. The number of hydrogen-bond donors (Lipinski definition) is 0. The van der Waals surface area contributed by atoms with Gasteiger partial charge in [-0.25, -0.2) is 0 Å². The highest BCUT2D eigenvalue weighted by molar-refractivity contribution is 6.19. The number of hydrogen-bond acceptors (Lipinski definition) is 1. The van der Waals surface area contributed by atoms with Gasteiger partial charge in [-0.3, -0.25) is 0 Å². The first-order valence-electron chi connectivity index (χ1n) is 4.09. The van der Waals surface area contributed by atoms with Gasteiger partial charge >= 0.3 is 7.62 Å². The van der Waals surface area contributed by atoms with Crippen LogP contribution in [0.5, 0.6) is 5.75 Å². The topological polar surface area (TPSA) is 11.3 Å². The molecule has 1 aromatic carbocycles. The van der Waals surface area contributed by atoms with Crippen LogP contribution in [0.4, 0.5) is 0 Å². The summed E-state index contributed by atoms with van der Waals surface area (Å²) in [7, 11) is 6.11. The van der Waals surface area contributed by atoms with Gasteiger partial charge in [-0.15, -0.1) is 0 Å². The molecule has 0 saturated heterocycles. The molecule has 1 heterocycles. The van der Waals surface area contributed by atoms with Crippen LogP contribution in [0.2, 0.25) is 0 Å². The highest BCUT2D eigenvalue weighted by atomic mass is 16.4. The van der Waals surface area contributed by atoms with Crippen molar-refractivity contribution in [1.29, 1.82) is 0 Å². The van der Waals surface area contributed by atoms with Crippen molar-refractivity contribution in [1.82, 2.24) is 0 Å². The molecule has 0 aliphatic carbocycles. The summed E-state index contributed by atoms with van der Waals surface area (Å²) in [6.45, 7) is 1.01. The SMILES string of the molecule is C[N+]1(C)[B-][O+]c2ccccc2C1. The lowest BCUT2D eigenvalue weighted by Crippen LogP contribution is -2.47. The molecule has 3 heteroatoms. The maximum atomic E-state index is 5.49. The zero-order chi connectivity index (χ0) is 8.60. The first kappa shape index (κ1) is 7.68. The Bertz CT molecular complexity index is 298. The molecule has 0 spiro atoms. The summed E-state index contributed by atoms with van der Waals surface area (Å²) in [5.74, 6) is 0.995. The van der Waals surface area contributed by atoms with Crippen LogP contribution in [0.25, 0.3) is 0 Å². The Balaban J connectivity index is 2.35. The molecular formula is C9H12BNO+. The summed E-state index contributed by atoms with van der Waals surface area (Å²) >= 11 is 0. The maximum absolute atomic E-state index is 5.49. The fraction of sp³-hybridized carbons (Fsp3) is 0.333. The molecule has 0 amide bonds. The second kappa shape index (κ2) is 2.52. The summed E-state index contributed by atoms with van der Waals surface area (Å²) in [5, 5.41) is 0. The van der Waals surface area contributed by atoms with Gasteiger partial charge in [0.05, 0.1) is 12.1 Å². The molecule has 0 aromatic heterocycles. The van der Waals surface area contributed by atoms with Crippen molar-refractivity contribution >= 4 is 7.62 Å². The Kier molecular flexibility index (Phi) is 1.62. The van der Waals surface area contributed by atoms with E-state index >= 15 is 0 Å². The predicted octanol–water partition coefficient (Wildman–Crippen LogP) is 1.19. The number of fused-ring (bicyclic) bond motifs is 1. The Hall–Kier alpha value is -0.955. The lowest BCUT2D eigenvalue weighted by Gasteiger charge is -2.36. The number of para-hydroxylation sites is 1. The third-order valence-corrected chi connectivity index (χ3v) is 2.02. The molecule has 3 radical (unpaired) electrons. The third kappa shape index (κ3) is 1.32. The van der Waals surface area contributed by atoms with Gasteiger partial charge in [-0.05, 0) is 6.07 Å². The molecule has 0 atom stereocenters. The predicted molar refractivity (Wildman–Crippen MR) is 48.6 cm³/mol. The lowest BCUT2D eigenvalue weighted by atomic mass is 10.0. The average Bonchev–Trinajstić information content (AvgIpc) is 2.02. The van der Waals surface area contributed by atoms with Crippen molar-refractivity contribution in [2.75, 3.05) is 14.1 Å². The molecule has 0 unspecified atom stereocenters. The fourth-order valence-electron chi connectivity index (χ4n) is 1.43. The van der Waals surface area contributed by atoms with Gasteiger partial charge in [0, 0.05) is 20.2 Å². The highest BCUT2D eigenvalue weighted by Crippen LogP contribution is 2.25. The van der Waals surface area contributed by atoms with E-state index in [4.69, 9.17) is 4.65 Å². The normalized spacial score (nSPS) is 19.5. The number of rotatable bonds is 0. The minimum Gasteiger partial charge on any atom is -0.519 e. The molecule has 1 aliphatic rings. The molecule has 12 heavy (non-hydrogen) atoms. The first-order valence-corrected chi connectivity index (χ1v) is 4.09. The summed E-state index contributed by atoms with van der Waals surface area (Å²) in [6, 6.07) is 8.17. The van der Waals surface area contributed by atoms with E-state index in [1.165, 1.54) is 5.56 Å². The standard InChI is InChI=1S/C9H12BNO/c1-11(2)7-8-5-3-4-6-9(8)12-10-11/h3-6H,7H2,1-2H3/q+1. The maximum Gasteiger partial charge on any atom is 0.634 e. The van der Waals surface area contributed by atoms with E-state index < -0.39 is 0 Å². The quantitative estimate of drug-likeness (QED) is 0.410. The molecule has 2 nitrogen and oxygen atoms in total. The summed E-state index contributed by atoms with van der Waals surface area (Å²) < 4.78 is 6.27. The number of nitrogens with zero attached hydrogens (tertiary/aromatic N) is 1. The zero-order valence-corrected chi connectivity index (χ0v) is 7.45. The minimum atomic E-state index is 0.789. The van der Waals surface area contributed by atoms with Crippen LogP contribution in [-0.2, 0) is 6.54 Å². The van der Waals surface area contributed by atoms with Crippen molar-refractivity contribution in [3.05, 3.63) is 29.8 Å². The van der Waals surface area contributed by atoms with E-state index in [2.05, 4.69) is 20.2 Å². The van der Waals surface area contributed by atoms with E-state index in [1.54, 1.807) is 0 Å². The molecule has 0 fully saturated rings. The first-order chi connectivity index (χ1) is 5.67. The van der Waals surface area contributed by atoms with Crippen LogP contribution >= 0.6 is 0 Å². The molecule has 61 valence electrons. The van der Waals surface area contributed by atoms with Crippen LogP contribution in [0.15, 0.2) is 24.3 Å². The van der Waals surface area contributed by atoms with Crippen LogP contribution < -0.4 is 4.65 Å². The van der Waals surface area contributed by atoms with Crippen molar-refractivity contribution in [3.8, 4) is 5.75 Å². The van der Waals surface area contributed by atoms with Gasteiger partial charge in [0.25, 0.3) is 5.75 Å². The van der Waals surface area contributed by atoms with Crippen LogP contribution in [0, 0.1) is 0 Å². The van der Waals surface area contributed by atoms with Crippen molar-refractivity contribution < 1.29 is 9.05 Å². The third-order valence-electron chi connectivity index (χ3n) is 2.02. The lowest BCUT2D eigenvalue weighted by molar-refractivity contribution is -0.801. The number of quaternary nitrogens is 1. The zero-order valence-electron chi connectivity index (χ0n) is 7.45. The van der Waals surface area contributed by atoms with E-state index in [1.807, 2.05) is 25.8 Å². The van der Waals surface area contributed by atoms with Gasteiger partial charge in [-0.2, -0.15) is 0 Å². The molecule has 0 bridgehead atoms. The molecule has 0 N–H and O–H groups in total. The van der Waals surface area contributed by atoms with Crippen LogP contribution in [0.1, 0.15) is 5.56 Å². The van der Waals surface area contributed by atoms with Gasteiger partial charge in [0.2, 0.25) is 0 Å². The van der Waals surface area contributed by atoms with Crippen molar-refractivity contribution in [3.63, 3.8) is 0 Å². The van der Waals surface area contributed by atoms with Crippen LogP contribution in [0.3, 0.4) is 0 Å². The molecule has 0 saturated carbocycles. The summed E-state index contributed by atoms with van der Waals surface area (Å²) in [6.07, 6.45) is 0. The average molecular weight is 161 g/mol. The van der Waals surface area contributed by atoms with Gasteiger partial charge in [0.15, 0.2) is 0 Å². The van der Waals surface area contributed by atoms with E-state index in [0.29, 0.717) is 0 Å². The van der Waals surface area contributed by atoms with Crippen LogP contribution in [-0.4, -0.2) is 26.1 Å². The Morgan fingerprint density at radius 1 is 1.33 bits per heavy atom.